The highest BCUT2D eigenvalue weighted by Gasteiger charge is 2.14. The molecule has 0 radical (unpaired) electrons. The molecule has 0 fully saturated rings. The Morgan fingerprint density at radius 3 is 2.72 bits per heavy atom. The zero-order valence-corrected chi connectivity index (χ0v) is 11.6. The van der Waals surface area contributed by atoms with E-state index in [0.717, 1.165) is 18.4 Å². The van der Waals surface area contributed by atoms with E-state index < -0.39 is 0 Å². The molecule has 0 heterocycles. The van der Waals surface area contributed by atoms with Crippen molar-refractivity contribution in [1.29, 1.82) is 0 Å². The van der Waals surface area contributed by atoms with Crippen molar-refractivity contribution < 1.29 is 9.13 Å². The van der Waals surface area contributed by atoms with Gasteiger partial charge in [-0.3, -0.25) is 0 Å². The van der Waals surface area contributed by atoms with Crippen molar-refractivity contribution in [2.75, 3.05) is 13.7 Å². The van der Waals surface area contributed by atoms with Gasteiger partial charge in [0.25, 0.3) is 0 Å². The summed E-state index contributed by atoms with van der Waals surface area (Å²) in [6.45, 7) is 4.76. The van der Waals surface area contributed by atoms with E-state index in [0.29, 0.717) is 12.4 Å². The Kier molecular flexibility index (Phi) is 6.73. The molecule has 0 aliphatic heterocycles. The third kappa shape index (κ3) is 4.30. The summed E-state index contributed by atoms with van der Waals surface area (Å²) < 4.78 is 19.4. The predicted molar refractivity (Wildman–Crippen MR) is 73.5 cm³/mol. The predicted octanol–water partition coefficient (Wildman–Crippen LogP) is 4.07. The number of benzene rings is 1. The van der Waals surface area contributed by atoms with Gasteiger partial charge in [0.2, 0.25) is 0 Å². The van der Waals surface area contributed by atoms with E-state index in [-0.39, 0.29) is 11.9 Å². The number of hydrogen-bond donors (Lipinski definition) is 1. The number of unbranched alkanes of at least 4 members (excludes halogenated alkanes) is 3. The quantitative estimate of drug-likeness (QED) is 0.705. The normalized spacial score (nSPS) is 12.4. The summed E-state index contributed by atoms with van der Waals surface area (Å²) in [4.78, 5) is 0. The van der Waals surface area contributed by atoms with E-state index in [1.54, 1.807) is 6.07 Å². The topological polar surface area (TPSA) is 21.3 Å². The maximum absolute atomic E-state index is 13.8. The standard InChI is InChI=1S/C15H24FNO/c1-4-5-6-7-11-18-15-13(12(2)17-3)9-8-10-14(15)16/h8-10,12,17H,4-7,11H2,1-3H3. The second-order valence-corrected chi connectivity index (χ2v) is 4.58. The molecule has 1 N–H and O–H groups in total. The van der Waals surface area contributed by atoms with Crippen molar-refractivity contribution >= 4 is 0 Å². The molecule has 0 aromatic heterocycles. The van der Waals surface area contributed by atoms with Gasteiger partial charge in [-0.25, -0.2) is 4.39 Å². The molecule has 0 spiro atoms. The monoisotopic (exact) mass is 253 g/mol. The Hall–Kier alpha value is -1.09. The highest BCUT2D eigenvalue weighted by atomic mass is 19.1. The van der Waals surface area contributed by atoms with Gasteiger partial charge in [-0.1, -0.05) is 38.3 Å². The van der Waals surface area contributed by atoms with E-state index in [4.69, 9.17) is 4.74 Å². The average molecular weight is 253 g/mol. The van der Waals surface area contributed by atoms with Crippen LogP contribution in [0.1, 0.15) is 51.1 Å². The molecule has 0 saturated carbocycles. The average Bonchev–Trinajstić information content (AvgIpc) is 2.39. The minimum absolute atomic E-state index is 0.0892. The SMILES string of the molecule is CCCCCCOc1c(F)cccc1C(C)NC. The second kappa shape index (κ2) is 8.09. The summed E-state index contributed by atoms with van der Waals surface area (Å²) in [5, 5.41) is 3.11. The lowest BCUT2D eigenvalue weighted by molar-refractivity contribution is 0.285. The third-order valence-corrected chi connectivity index (χ3v) is 3.14. The van der Waals surface area contributed by atoms with Crippen molar-refractivity contribution in [3.63, 3.8) is 0 Å². The van der Waals surface area contributed by atoms with Crippen LogP contribution in [0.4, 0.5) is 4.39 Å². The first kappa shape index (κ1) is 15.0. The van der Waals surface area contributed by atoms with E-state index >= 15 is 0 Å². The molecule has 1 aromatic rings. The summed E-state index contributed by atoms with van der Waals surface area (Å²) >= 11 is 0. The van der Waals surface area contributed by atoms with E-state index in [1.165, 1.54) is 18.9 Å². The summed E-state index contributed by atoms with van der Waals surface area (Å²) in [6, 6.07) is 5.17. The molecule has 3 heteroatoms. The van der Waals surface area contributed by atoms with Crippen LogP contribution in [0.2, 0.25) is 0 Å². The molecular weight excluding hydrogens is 229 g/mol. The van der Waals surface area contributed by atoms with Gasteiger partial charge in [0.1, 0.15) is 0 Å². The van der Waals surface area contributed by atoms with Crippen LogP contribution in [0.3, 0.4) is 0 Å². The minimum Gasteiger partial charge on any atom is -0.490 e. The smallest absolute Gasteiger partial charge is 0.165 e. The van der Waals surface area contributed by atoms with Gasteiger partial charge in [-0.05, 0) is 26.5 Å². The summed E-state index contributed by atoms with van der Waals surface area (Å²) in [5.74, 6) is 0.126. The molecule has 0 aliphatic rings. The van der Waals surface area contributed by atoms with Gasteiger partial charge in [0.15, 0.2) is 11.6 Å². The molecule has 0 saturated heterocycles. The van der Waals surface area contributed by atoms with Crippen LogP contribution in [0.5, 0.6) is 5.75 Å². The second-order valence-electron chi connectivity index (χ2n) is 4.58. The van der Waals surface area contributed by atoms with Crippen LogP contribution in [0.25, 0.3) is 0 Å². The maximum Gasteiger partial charge on any atom is 0.165 e. The minimum atomic E-state index is -0.273. The Bertz CT molecular complexity index is 354. The van der Waals surface area contributed by atoms with Gasteiger partial charge >= 0.3 is 0 Å². The lowest BCUT2D eigenvalue weighted by Crippen LogP contribution is -2.14. The number of nitrogens with one attached hydrogen (secondary N) is 1. The molecule has 1 unspecified atom stereocenters. The Labute approximate surface area is 110 Å². The molecule has 0 bridgehead atoms. The molecule has 0 aliphatic carbocycles. The molecule has 1 rings (SSSR count). The fourth-order valence-corrected chi connectivity index (χ4v) is 1.88. The fraction of sp³-hybridized carbons (Fsp3) is 0.600. The van der Waals surface area contributed by atoms with Crippen LogP contribution in [-0.2, 0) is 0 Å². The van der Waals surface area contributed by atoms with Crippen molar-refractivity contribution in [3.05, 3.63) is 29.6 Å². The lowest BCUT2D eigenvalue weighted by atomic mass is 10.1. The fourth-order valence-electron chi connectivity index (χ4n) is 1.88. The number of halogens is 1. The zero-order valence-electron chi connectivity index (χ0n) is 11.6. The highest BCUT2D eigenvalue weighted by molar-refractivity contribution is 5.37. The lowest BCUT2D eigenvalue weighted by Gasteiger charge is -2.17. The zero-order chi connectivity index (χ0) is 13.4. The number of hydrogen-bond acceptors (Lipinski definition) is 2. The Balaban J connectivity index is 2.62. The number of para-hydroxylation sites is 1. The molecule has 0 amide bonds. The highest BCUT2D eigenvalue weighted by Crippen LogP contribution is 2.28. The summed E-state index contributed by atoms with van der Waals surface area (Å²) in [7, 11) is 1.86. The van der Waals surface area contributed by atoms with E-state index in [9.17, 15) is 4.39 Å². The first-order valence-electron chi connectivity index (χ1n) is 6.79. The third-order valence-electron chi connectivity index (χ3n) is 3.14. The van der Waals surface area contributed by atoms with Crippen LogP contribution < -0.4 is 10.1 Å². The van der Waals surface area contributed by atoms with Gasteiger partial charge < -0.3 is 10.1 Å². The molecular formula is C15H24FNO. The molecule has 102 valence electrons. The van der Waals surface area contributed by atoms with Gasteiger partial charge in [0.05, 0.1) is 6.61 Å². The van der Waals surface area contributed by atoms with Gasteiger partial charge in [-0.15, -0.1) is 0 Å². The number of rotatable bonds is 8. The van der Waals surface area contributed by atoms with Crippen molar-refractivity contribution in [3.8, 4) is 5.75 Å². The van der Waals surface area contributed by atoms with Crippen LogP contribution >= 0.6 is 0 Å². The first-order valence-corrected chi connectivity index (χ1v) is 6.79. The largest absolute Gasteiger partial charge is 0.490 e. The van der Waals surface area contributed by atoms with Crippen molar-refractivity contribution in [2.24, 2.45) is 0 Å². The first-order chi connectivity index (χ1) is 8.70. The van der Waals surface area contributed by atoms with Crippen molar-refractivity contribution in [2.45, 2.75) is 45.6 Å². The summed E-state index contributed by atoms with van der Waals surface area (Å²) in [6.07, 6.45) is 4.53. The molecule has 18 heavy (non-hydrogen) atoms. The molecule has 1 aromatic carbocycles. The van der Waals surface area contributed by atoms with Gasteiger partial charge in [0, 0.05) is 11.6 Å². The Morgan fingerprint density at radius 2 is 2.06 bits per heavy atom. The van der Waals surface area contributed by atoms with Crippen LogP contribution in [0, 0.1) is 5.82 Å². The van der Waals surface area contributed by atoms with Crippen LogP contribution in [-0.4, -0.2) is 13.7 Å². The molecule has 2 nitrogen and oxygen atoms in total. The number of ether oxygens (including phenoxy) is 1. The maximum atomic E-state index is 13.8. The van der Waals surface area contributed by atoms with E-state index in [1.807, 2.05) is 20.0 Å². The van der Waals surface area contributed by atoms with E-state index in [2.05, 4.69) is 12.2 Å². The Morgan fingerprint density at radius 1 is 1.28 bits per heavy atom. The molecule has 1 atom stereocenters. The van der Waals surface area contributed by atoms with Crippen LogP contribution in [0.15, 0.2) is 18.2 Å². The van der Waals surface area contributed by atoms with Crippen molar-refractivity contribution in [1.82, 2.24) is 5.32 Å². The van der Waals surface area contributed by atoms with Gasteiger partial charge in [-0.2, -0.15) is 0 Å². The summed E-state index contributed by atoms with van der Waals surface area (Å²) in [5.41, 5.74) is 0.882.